The van der Waals surface area contributed by atoms with Crippen molar-refractivity contribution in [1.29, 1.82) is 0 Å². The van der Waals surface area contributed by atoms with Crippen LogP contribution in [0.5, 0.6) is 0 Å². The quantitative estimate of drug-likeness (QED) is 0.555. The molecule has 106 valence electrons. The van der Waals surface area contributed by atoms with Gasteiger partial charge in [-0.1, -0.05) is 39.0 Å². The van der Waals surface area contributed by atoms with E-state index in [1.807, 2.05) is 0 Å². The van der Waals surface area contributed by atoms with Crippen molar-refractivity contribution in [3.05, 3.63) is 0 Å². The number of amides is 1. The van der Waals surface area contributed by atoms with Crippen molar-refractivity contribution in [2.45, 2.75) is 63.8 Å². The molecule has 1 unspecified atom stereocenters. The molecule has 0 aliphatic heterocycles. The summed E-state index contributed by atoms with van der Waals surface area (Å²) in [6, 6.07) is 0. The summed E-state index contributed by atoms with van der Waals surface area (Å²) < 4.78 is 5.54. The summed E-state index contributed by atoms with van der Waals surface area (Å²) in [4.78, 5) is 11.4. The second-order valence-corrected chi connectivity index (χ2v) is 5.50. The largest absolute Gasteiger partial charge is 0.379 e. The van der Waals surface area contributed by atoms with Gasteiger partial charge in [0.2, 0.25) is 5.91 Å². The van der Waals surface area contributed by atoms with Crippen LogP contribution in [0, 0.1) is 5.92 Å². The molecular weight excluding hydrogens is 228 g/mol. The van der Waals surface area contributed by atoms with E-state index in [1.54, 1.807) is 0 Å². The molecule has 4 nitrogen and oxygen atoms in total. The Bertz CT molecular complexity index is 254. The van der Waals surface area contributed by atoms with Crippen molar-refractivity contribution in [3.63, 3.8) is 0 Å². The van der Waals surface area contributed by atoms with Crippen LogP contribution in [0.3, 0.4) is 0 Å². The van der Waals surface area contributed by atoms with Crippen LogP contribution in [0.15, 0.2) is 0 Å². The number of carbonyl (C=O) groups excluding carboxylic acids is 1. The highest BCUT2D eigenvalue weighted by atomic mass is 16.5. The van der Waals surface area contributed by atoms with E-state index < -0.39 is 11.4 Å². The lowest BCUT2D eigenvalue weighted by molar-refractivity contribution is -0.126. The van der Waals surface area contributed by atoms with E-state index in [1.165, 1.54) is 32.1 Å². The SMILES string of the molecule is CCCCCCCCOCC(N)(C(N)=O)C1CC1. The zero-order valence-corrected chi connectivity index (χ0v) is 11.6. The third-order valence-corrected chi connectivity index (χ3v) is 3.75. The van der Waals surface area contributed by atoms with E-state index >= 15 is 0 Å². The molecule has 0 aromatic carbocycles. The van der Waals surface area contributed by atoms with Crippen molar-refractivity contribution in [1.82, 2.24) is 0 Å². The fourth-order valence-corrected chi connectivity index (χ4v) is 2.21. The second kappa shape index (κ2) is 7.74. The van der Waals surface area contributed by atoms with Crippen LogP contribution in [0.2, 0.25) is 0 Å². The van der Waals surface area contributed by atoms with Gasteiger partial charge in [0.15, 0.2) is 0 Å². The van der Waals surface area contributed by atoms with Gasteiger partial charge in [0.1, 0.15) is 5.54 Å². The van der Waals surface area contributed by atoms with Crippen LogP contribution in [-0.4, -0.2) is 24.7 Å². The van der Waals surface area contributed by atoms with Gasteiger partial charge >= 0.3 is 0 Å². The zero-order chi connectivity index (χ0) is 13.4. The standard InChI is InChI=1S/C14H28N2O2/c1-2-3-4-5-6-7-10-18-11-14(16,13(15)17)12-8-9-12/h12H,2-11,16H2,1H3,(H2,15,17). The molecule has 4 heteroatoms. The average Bonchev–Trinajstić information content (AvgIpc) is 3.16. The molecule has 1 aliphatic rings. The van der Waals surface area contributed by atoms with Crippen molar-refractivity contribution in [3.8, 4) is 0 Å². The number of hydrogen-bond donors (Lipinski definition) is 2. The van der Waals surface area contributed by atoms with E-state index in [0.717, 1.165) is 19.3 Å². The molecule has 0 radical (unpaired) electrons. The van der Waals surface area contributed by atoms with Gasteiger partial charge in [-0.25, -0.2) is 0 Å². The number of ether oxygens (including phenoxy) is 1. The first-order valence-electron chi connectivity index (χ1n) is 7.27. The topological polar surface area (TPSA) is 78.3 Å². The van der Waals surface area contributed by atoms with Gasteiger partial charge in [-0.15, -0.1) is 0 Å². The Hall–Kier alpha value is -0.610. The van der Waals surface area contributed by atoms with Crippen LogP contribution in [-0.2, 0) is 9.53 Å². The molecule has 4 N–H and O–H groups in total. The summed E-state index contributed by atoms with van der Waals surface area (Å²) in [5.74, 6) is -0.188. The van der Waals surface area contributed by atoms with Gasteiger partial charge in [-0.3, -0.25) is 4.79 Å². The molecule has 0 spiro atoms. The van der Waals surface area contributed by atoms with Gasteiger partial charge < -0.3 is 16.2 Å². The highest BCUT2D eigenvalue weighted by Gasteiger charge is 2.47. The third-order valence-electron chi connectivity index (χ3n) is 3.75. The van der Waals surface area contributed by atoms with E-state index in [-0.39, 0.29) is 12.5 Å². The number of carbonyl (C=O) groups is 1. The number of rotatable bonds is 11. The predicted molar refractivity (Wildman–Crippen MR) is 73.0 cm³/mol. The van der Waals surface area contributed by atoms with E-state index in [9.17, 15) is 4.79 Å². The molecule has 18 heavy (non-hydrogen) atoms. The Morgan fingerprint density at radius 3 is 2.39 bits per heavy atom. The van der Waals surface area contributed by atoms with Crippen molar-refractivity contribution >= 4 is 5.91 Å². The third kappa shape index (κ3) is 4.94. The first kappa shape index (κ1) is 15.4. The molecule has 1 atom stereocenters. The van der Waals surface area contributed by atoms with Crippen molar-refractivity contribution in [2.24, 2.45) is 17.4 Å². The highest BCUT2D eigenvalue weighted by Crippen LogP contribution is 2.38. The molecule has 0 bridgehead atoms. The van der Waals surface area contributed by atoms with Gasteiger partial charge in [-0.2, -0.15) is 0 Å². The normalized spacial score (nSPS) is 18.6. The first-order chi connectivity index (χ1) is 8.61. The maximum atomic E-state index is 11.4. The van der Waals surface area contributed by atoms with E-state index in [4.69, 9.17) is 16.2 Å². The summed E-state index contributed by atoms with van der Waals surface area (Å²) in [6.45, 7) is 3.18. The fraction of sp³-hybridized carbons (Fsp3) is 0.929. The van der Waals surface area contributed by atoms with Crippen LogP contribution < -0.4 is 11.5 Å². The number of nitrogens with two attached hydrogens (primary N) is 2. The summed E-state index contributed by atoms with van der Waals surface area (Å²) in [7, 11) is 0. The second-order valence-electron chi connectivity index (χ2n) is 5.50. The molecule has 1 fully saturated rings. The van der Waals surface area contributed by atoms with Gasteiger partial charge in [0.25, 0.3) is 0 Å². The van der Waals surface area contributed by atoms with E-state index in [0.29, 0.717) is 6.61 Å². The summed E-state index contributed by atoms with van der Waals surface area (Å²) in [5.41, 5.74) is 10.5. The lowest BCUT2D eigenvalue weighted by Gasteiger charge is -2.25. The van der Waals surface area contributed by atoms with Gasteiger partial charge in [0.05, 0.1) is 6.61 Å². The fourth-order valence-electron chi connectivity index (χ4n) is 2.21. The molecule has 0 heterocycles. The van der Waals surface area contributed by atoms with Crippen LogP contribution >= 0.6 is 0 Å². The van der Waals surface area contributed by atoms with Crippen LogP contribution in [0.4, 0.5) is 0 Å². The molecule has 1 rings (SSSR count). The maximum Gasteiger partial charge on any atom is 0.240 e. The minimum absolute atomic E-state index is 0.236. The van der Waals surface area contributed by atoms with Crippen LogP contribution in [0.25, 0.3) is 0 Å². The number of primary amides is 1. The number of unbranched alkanes of at least 4 members (excludes halogenated alkanes) is 5. The van der Waals surface area contributed by atoms with E-state index in [2.05, 4.69) is 6.92 Å². The number of hydrogen-bond acceptors (Lipinski definition) is 3. The van der Waals surface area contributed by atoms with Gasteiger partial charge in [0, 0.05) is 6.61 Å². The molecule has 0 aromatic rings. The molecule has 0 aromatic heterocycles. The molecule has 1 saturated carbocycles. The first-order valence-corrected chi connectivity index (χ1v) is 7.27. The Balaban J connectivity index is 2.04. The summed E-state index contributed by atoms with van der Waals surface area (Å²) >= 11 is 0. The Morgan fingerprint density at radius 2 is 1.83 bits per heavy atom. The Labute approximate surface area is 110 Å². The molecule has 1 amide bonds. The van der Waals surface area contributed by atoms with Crippen LogP contribution in [0.1, 0.15) is 58.3 Å². The molecule has 1 aliphatic carbocycles. The summed E-state index contributed by atoms with van der Waals surface area (Å²) in [5, 5.41) is 0. The zero-order valence-electron chi connectivity index (χ0n) is 11.6. The van der Waals surface area contributed by atoms with Crippen molar-refractivity contribution < 1.29 is 9.53 Å². The minimum atomic E-state index is -0.928. The highest BCUT2D eigenvalue weighted by molar-refractivity contribution is 5.85. The summed E-state index contributed by atoms with van der Waals surface area (Å²) in [6.07, 6.45) is 9.40. The monoisotopic (exact) mass is 256 g/mol. The van der Waals surface area contributed by atoms with Gasteiger partial charge in [-0.05, 0) is 25.2 Å². The van der Waals surface area contributed by atoms with Crippen molar-refractivity contribution in [2.75, 3.05) is 13.2 Å². The minimum Gasteiger partial charge on any atom is -0.379 e. The Morgan fingerprint density at radius 1 is 1.22 bits per heavy atom. The molecule has 0 saturated heterocycles. The smallest absolute Gasteiger partial charge is 0.240 e. The lowest BCUT2D eigenvalue weighted by atomic mass is 9.95. The lowest BCUT2D eigenvalue weighted by Crippen LogP contribution is -2.57. The maximum absolute atomic E-state index is 11.4. The predicted octanol–water partition coefficient (Wildman–Crippen LogP) is 1.96. The molecular formula is C14H28N2O2. The average molecular weight is 256 g/mol. The Kier molecular flexibility index (Phi) is 6.65.